The van der Waals surface area contributed by atoms with Crippen molar-refractivity contribution < 1.29 is 33.3 Å². The summed E-state index contributed by atoms with van der Waals surface area (Å²) in [6, 6.07) is 1.43. The van der Waals surface area contributed by atoms with Crippen molar-refractivity contribution in [3.8, 4) is 0 Å². The maximum Gasteiger partial charge on any atom is 0.351 e. The molecule has 3 aromatic rings. The fraction of sp³-hybridized carbons (Fsp3) is 0.550. The summed E-state index contributed by atoms with van der Waals surface area (Å²) >= 11 is 0. The summed E-state index contributed by atoms with van der Waals surface area (Å²) in [4.78, 5) is 38.3. The molecular formula is C20H27N8O9P. The summed E-state index contributed by atoms with van der Waals surface area (Å²) in [5, 5.41) is 20.2. The highest BCUT2D eigenvalue weighted by molar-refractivity contribution is 7.53. The lowest BCUT2D eigenvalue weighted by molar-refractivity contribution is -0.0509. The third kappa shape index (κ3) is 5.22. The van der Waals surface area contributed by atoms with Crippen LogP contribution in [0.15, 0.2) is 28.2 Å². The molecule has 2 aliphatic rings. The number of anilines is 2. The van der Waals surface area contributed by atoms with Gasteiger partial charge in [0.25, 0.3) is 5.56 Å². The molecule has 38 heavy (non-hydrogen) atoms. The zero-order valence-electron chi connectivity index (χ0n) is 20.1. The van der Waals surface area contributed by atoms with E-state index in [1.165, 1.54) is 34.4 Å². The van der Waals surface area contributed by atoms with E-state index in [-0.39, 0.29) is 42.4 Å². The molecule has 206 valence electrons. The van der Waals surface area contributed by atoms with Crippen LogP contribution in [-0.4, -0.2) is 83.6 Å². The number of nitrogen functional groups attached to an aromatic ring is 2. The van der Waals surface area contributed by atoms with Gasteiger partial charge in [0.2, 0.25) is 5.95 Å². The number of nitrogens with zero attached hydrogens (tertiary/aromatic N) is 5. The fourth-order valence-corrected chi connectivity index (χ4v) is 5.66. The molecule has 3 aromatic heterocycles. The van der Waals surface area contributed by atoms with Crippen molar-refractivity contribution in [1.29, 1.82) is 0 Å². The highest BCUT2D eigenvalue weighted by Gasteiger charge is 2.42. The molecule has 5 rings (SSSR count). The highest BCUT2D eigenvalue weighted by atomic mass is 31.2. The standard InChI is InChI=1S/C20H27N8O9P/c1-38(33,37-10-5-15(35-11(10)6-29)27-3-2-13(21)24-20(27)32)34-7-12-9(30)4-14(36-12)28-8-23-16-17(28)25-19(22)26-18(16)31/h2-3,8-12,14-15,29-30H,4-7H2,1H3,(H2,21,24,32)(H3,22,25,26,31)/t9-,10-,11+,12+,14+,15+,38?/m0/s1. The summed E-state index contributed by atoms with van der Waals surface area (Å²) in [6.07, 6.45) is -2.19. The van der Waals surface area contributed by atoms with E-state index < -0.39 is 62.3 Å². The number of rotatable bonds is 8. The lowest BCUT2D eigenvalue weighted by Crippen LogP contribution is -2.29. The molecule has 18 heteroatoms. The first-order valence-corrected chi connectivity index (χ1v) is 13.6. The number of H-pyrrole nitrogens is 1. The van der Waals surface area contributed by atoms with E-state index in [9.17, 15) is 24.4 Å². The molecule has 0 radical (unpaired) electrons. The summed E-state index contributed by atoms with van der Waals surface area (Å²) in [5.41, 5.74) is 10.3. The lowest BCUT2D eigenvalue weighted by atomic mass is 10.2. The number of nitrogens with one attached hydrogen (secondary N) is 1. The summed E-state index contributed by atoms with van der Waals surface area (Å²) in [5.74, 6) is -0.0420. The predicted molar refractivity (Wildman–Crippen MR) is 130 cm³/mol. The molecule has 0 amide bonds. The quantitative estimate of drug-likeness (QED) is 0.203. The van der Waals surface area contributed by atoms with E-state index in [0.717, 1.165) is 0 Å². The maximum absolute atomic E-state index is 13.1. The number of aromatic nitrogens is 6. The van der Waals surface area contributed by atoms with Crippen LogP contribution in [0.2, 0.25) is 0 Å². The number of fused-ring (bicyclic) bond motifs is 1. The van der Waals surface area contributed by atoms with E-state index in [0.29, 0.717) is 0 Å². The number of ether oxygens (including phenoxy) is 2. The first-order chi connectivity index (χ1) is 18.0. The van der Waals surface area contributed by atoms with Gasteiger partial charge in [-0.15, -0.1) is 0 Å². The van der Waals surface area contributed by atoms with Crippen LogP contribution < -0.4 is 22.7 Å². The topological polar surface area (TPSA) is 245 Å². The van der Waals surface area contributed by atoms with Gasteiger partial charge in [-0.2, -0.15) is 9.97 Å². The molecule has 2 fully saturated rings. The fourth-order valence-electron chi connectivity index (χ4n) is 4.47. The van der Waals surface area contributed by atoms with Crippen molar-refractivity contribution in [2.45, 2.75) is 49.7 Å². The van der Waals surface area contributed by atoms with Crippen molar-refractivity contribution in [3.05, 3.63) is 39.4 Å². The Morgan fingerprint density at radius 2 is 1.92 bits per heavy atom. The molecule has 2 saturated heterocycles. The van der Waals surface area contributed by atoms with Crippen LogP contribution in [-0.2, 0) is 23.1 Å². The Balaban J connectivity index is 1.22. The maximum atomic E-state index is 13.1. The number of nitrogens with two attached hydrogens (primary N) is 2. The number of aliphatic hydroxyl groups excluding tert-OH is 2. The lowest BCUT2D eigenvalue weighted by Gasteiger charge is -2.23. The van der Waals surface area contributed by atoms with Crippen molar-refractivity contribution in [2.75, 3.05) is 31.3 Å². The Morgan fingerprint density at radius 1 is 1.18 bits per heavy atom. The highest BCUT2D eigenvalue weighted by Crippen LogP contribution is 2.49. The molecule has 5 heterocycles. The molecule has 0 bridgehead atoms. The van der Waals surface area contributed by atoms with E-state index in [4.69, 9.17) is 30.0 Å². The molecule has 0 saturated carbocycles. The molecule has 7 N–H and O–H groups in total. The average Bonchev–Trinajstić information content (AvgIpc) is 3.54. The SMILES string of the molecule is CP(=O)(OC[C@H]1O[C@@H](n2cnc3c(=O)[nH]c(N)nc32)C[C@@H]1O)O[C@H]1C[C@H](n2ccc(N)nc2=O)O[C@@H]1CO. The second kappa shape index (κ2) is 10.2. The van der Waals surface area contributed by atoms with Gasteiger partial charge in [-0.25, -0.2) is 9.78 Å². The van der Waals surface area contributed by atoms with E-state index >= 15 is 0 Å². The molecule has 2 aliphatic heterocycles. The first-order valence-electron chi connectivity index (χ1n) is 11.6. The predicted octanol–water partition coefficient (Wildman–Crippen LogP) is -1.31. The minimum atomic E-state index is -3.74. The van der Waals surface area contributed by atoms with Gasteiger partial charge < -0.3 is 40.2 Å². The van der Waals surface area contributed by atoms with E-state index in [2.05, 4.69) is 19.9 Å². The Morgan fingerprint density at radius 3 is 2.66 bits per heavy atom. The van der Waals surface area contributed by atoms with Crippen LogP contribution in [0.25, 0.3) is 11.2 Å². The van der Waals surface area contributed by atoms with Gasteiger partial charge >= 0.3 is 13.3 Å². The molecule has 1 unspecified atom stereocenters. The minimum Gasteiger partial charge on any atom is -0.394 e. The van der Waals surface area contributed by atoms with Crippen LogP contribution in [0.1, 0.15) is 25.3 Å². The third-order valence-corrected chi connectivity index (χ3v) is 7.56. The Labute approximate surface area is 213 Å². The number of aromatic amines is 1. The van der Waals surface area contributed by atoms with Crippen LogP contribution in [0.5, 0.6) is 0 Å². The Bertz CT molecular complexity index is 1490. The zero-order valence-corrected chi connectivity index (χ0v) is 21.0. The molecule has 0 spiro atoms. The van der Waals surface area contributed by atoms with Crippen LogP contribution in [0, 0.1) is 0 Å². The van der Waals surface area contributed by atoms with Crippen LogP contribution in [0.4, 0.5) is 11.8 Å². The molecule has 17 nitrogen and oxygen atoms in total. The summed E-state index contributed by atoms with van der Waals surface area (Å²) < 4.78 is 38.5. The van der Waals surface area contributed by atoms with Gasteiger partial charge in [0.1, 0.15) is 30.5 Å². The number of hydrogen-bond donors (Lipinski definition) is 5. The van der Waals surface area contributed by atoms with E-state index in [1.807, 2.05) is 0 Å². The van der Waals surface area contributed by atoms with Gasteiger partial charge in [0.05, 0.1) is 31.7 Å². The molecule has 7 atom stereocenters. The van der Waals surface area contributed by atoms with Gasteiger partial charge in [0, 0.05) is 25.7 Å². The summed E-state index contributed by atoms with van der Waals surface area (Å²) in [7, 11) is -3.74. The van der Waals surface area contributed by atoms with Crippen molar-refractivity contribution >= 4 is 30.5 Å². The largest absolute Gasteiger partial charge is 0.394 e. The first kappa shape index (κ1) is 26.4. The van der Waals surface area contributed by atoms with Crippen molar-refractivity contribution in [2.24, 2.45) is 0 Å². The third-order valence-electron chi connectivity index (χ3n) is 6.29. The second-order valence-corrected chi connectivity index (χ2v) is 11.0. The van der Waals surface area contributed by atoms with Gasteiger partial charge in [-0.05, 0) is 6.07 Å². The Hall–Kier alpha value is -3.18. The van der Waals surface area contributed by atoms with Gasteiger partial charge in [-0.1, -0.05) is 0 Å². The zero-order chi connectivity index (χ0) is 27.2. The molecule has 0 aliphatic carbocycles. The normalized spacial score (nSPS) is 29.1. The van der Waals surface area contributed by atoms with Crippen molar-refractivity contribution in [1.82, 2.24) is 29.1 Å². The minimum absolute atomic E-state index is 0.0519. The van der Waals surface area contributed by atoms with Gasteiger partial charge in [0.15, 0.2) is 11.2 Å². The van der Waals surface area contributed by atoms with Crippen molar-refractivity contribution in [3.63, 3.8) is 0 Å². The summed E-state index contributed by atoms with van der Waals surface area (Å²) in [6.45, 7) is 0.508. The van der Waals surface area contributed by atoms with E-state index in [1.54, 1.807) is 0 Å². The molecule has 0 aromatic carbocycles. The smallest absolute Gasteiger partial charge is 0.351 e. The average molecular weight is 554 g/mol. The number of aliphatic hydroxyl groups is 2. The van der Waals surface area contributed by atoms with Gasteiger partial charge in [-0.3, -0.25) is 23.5 Å². The van der Waals surface area contributed by atoms with Crippen LogP contribution >= 0.6 is 7.60 Å². The second-order valence-electron chi connectivity index (χ2n) is 9.01. The number of hydrogen-bond acceptors (Lipinski definition) is 14. The monoisotopic (exact) mass is 554 g/mol. The molecular weight excluding hydrogens is 527 g/mol. The Kier molecular flexibility index (Phi) is 7.08. The number of imidazole rings is 1. The van der Waals surface area contributed by atoms with Crippen LogP contribution in [0.3, 0.4) is 0 Å².